The van der Waals surface area contributed by atoms with Gasteiger partial charge in [-0.05, 0) is 30.4 Å². The minimum absolute atomic E-state index is 0.0137. The van der Waals surface area contributed by atoms with Crippen LogP contribution in [-0.2, 0) is 17.9 Å². The summed E-state index contributed by atoms with van der Waals surface area (Å²) in [5.74, 6) is 0.100. The van der Waals surface area contributed by atoms with Crippen LogP contribution in [0.1, 0.15) is 49.7 Å². The van der Waals surface area contributed by atoms with Gasteiger partial charge in [-0.2, -0.15) is 5.10 Å². The molecule has 3 N–H and O–H groups in total. The number of carbonyl (C=O) groups is 1. The SMILES string of the molecule is NCC1(CC(=O)NCc2cnn(Cc3ccccc3)c2)CCCCC1. The van der Waals surface area contributed by atoms with Crippen LogP contribution in [0.5, 0.6) is 0 Å². The molecule has 134 valence electrons. The van der Waals surface area contributed by atoms with Crippen LogP contribution in [-0.4, -0.2) is 22.2 Å². The van der Waals surface area contributed by atoms with Gasteiger partial charge in [0.25, 0.3) is 0 Å². The van der Waals surface area contributed by atoms with E-state index >= 15 is 0 Å². The Bertz CT molecular complexity index is 674. The molecule has 0 unspecified atom stereocenters. The molecule has 2 aromatic rings. The van der Waals surface area contributed by atoms with Gasteiger partial charge >= 0.3 is 0 Å². The number of benzene rings is 1. The van der Waals surface area contributed by atoms with E-state index in [4.69, 9.17) is 5.73 Å². The third kappa shape index (κ3) is 4.92. The van der Waals surface area contributed by atoms with Crippen LogP contribution in [0.3, 0.4) is 0 Å². The van der Waals surface area contributed by atoms with Gasteiger partial charge in [0.05, 0.1) is 12.7 Å². The molecule has 1 amide bonds. The molecule has 1 aliphatic rings. The van der Waals surface area contributed by atoms with E-state index in [-0.39, 0.29) is 11.3 Å². The Labute approximate surface area is 149 Å². The van der Waals surface area contributed by atoms with E-state index in [1.807, 2.05) is 35.3 Å². The summed E-state index contributed by atoms with van der Waals surface area (Å²) in [7, 11) is 0. The van der Waals surface area contributed by atoms with Crippen molar-refractivity contribution in [3.05, 3.63) is 53.9 Å². The van der Waals surface area contributed by atoms with Crippen LogP contribution < -0.4 is 11.1 Å². The van der Waals surface area contributed by atoms with E-state index in [0.29, 0.717) is 19.5 Å². The van der Waals surface area contributed by atoms with E-state index in [2.05, 4.69) is 22.5 Å². The first-order valence-corrected chi connectivity index (χ1v) is 9.21. The van der Waals surface area contributed by atoms with Crippen molar-refractivity contribution in [2.24, 2.45) is 11.1 Å². The molecular formula is C20H28N4O. The average Bonchev–Trinajstić information content (AvgIpc) is 3.09. The largest absolute Gasteiger partial charge is 0.352 e. The van der Waals surface area contributed by atoms with E-state index in [1.165, 1.54) is 24.8 Å². The fourth-order valence-corrected chi connectivity index (χ4v) is 3.71. The van der Waals surface area contributed by atoms with Crippen LogP contribution in [0.25, 0.3) is 0 Å². The molecule has 5 nitrogen and oxygen atoms in total. The fraction of sp³-hybridized carbons (Fsp3) is 0.500. The molecule has 1 aromatic carbocycles. The Balaban J connectivity index is 1.49. The van der Waals surface area contributed by atoms with Crippen molar-refractivity contribution in [1.29, 1.82) is 0 Å². The standard InChI is InChI=1S/C20H28N4O/c21-16-20(9-5-2-6-10-20)11-19(25)22-12-18-13-23-24(15-18)14-17-7-3-1-4-8-17/h1,3-4,7-8,13,15H,2,5-6,9-12,14,16,21H2,(H,22,25). The summed E-state index contributed by atoms with van der Waals surface area (Å²) >= 11 is 0. The smallest absolute Gasteiger partial charge is 0.220 e. The third-order valence-corrected chi connectivity index (χ3v) is 5.25. The van der Waals surface area contributed by atoms with Crippen LogP contribution in [0.2, 0.25) is 0 Å². The predicted octanol–water partition coefficient (Wildman–Crippen LogP) is 2.85. The van der Waals surface area contributed by atoms with Gasteiger partial charge in [-0.3, -0.25) is 9.48 Å². The molecule has 3 rings (SSSR count). The van der Waals surface area contributed by atoms with Crippen LogP contribution in [0.15, 0.2) is 42.7 Å². The van der Waals surface area contributed by atoms with Crippen molar-refractivity contribution in [2.75, 3.05) is 6.54 Å². The molecule has 0 radical (unpaired) electrons. The van der Waals surface area contributed by atoms with Crippen molar-refractivity contribution in [1.82, 2.24) is 15.1 Å². The lowest BCUT2D eigenvalue weighted by Gasteiger charge is -2.35. The maximum atomic E-state index is 12.4. The maximum Gasteiger partial charge on any atom is 0.220 e. The first-order valence-electron chi connectivity index (χ1n) is 9.21. The van der Waals surface area contributed by atoms with E-state index in [0.717, 1.165) is 24.9 Å². The third-order valence-electron chi connectivity index (χ3n) is 5.25. The number of hydrogen-bond donors (Lipinski definition) is 2. The van der Waals surface area contributed by atoms with Crippen molar-refractivity contribution in [3.63, 3.8) is 0 Å². The highest BCUT2D eigenvalue weighted by molar-refractivity contribution is 5.76. The van der Waals surface area contributed by atoms with Crippen molar-refractivity contribution in [2.45, 2.75) is 51.6 Å². The zero-order valence-corrected chi connectivity index (χ0v) is 14.8. The van der Waals surface area contributed by atoms with Gasteiger partial charge in [-0.15, -0.1) is 0 Å². The number of amides is 1. The predicted molar refractivity (Wildman–Crippen MR) is 98.8 cm³/mol. The minimum Gasteiger partial charge on any atom is -0.352 e. The van der Waals surface area contributed by atoms with Gasteiger partial charge in [-0.1, -0.05) is 49.6 Å². The van der Waals surface area contributed by atoms with Crippen molar-refractivity contribution >= 4 is 5.91 Å². The highest BCUT2D eigenvalue weighted by Crippen LogP contribution is 2.38. The van der Waals surface area contributed by atoms with Crippen LogP contribution in [0.4, 0.5) is 0 Å². The molecule has 0 spiro atoms. The normalized spacial score (nSPS) is 16.5. The summed E-state index contributed by atoms with van der Waals surface area (Å²) in [6, 6.07) is 10.2. The zero-order valence-electron chi connectivity index (χ0n) is 14.8. The molecule has 1 aromatic heterocycles. The van der Waals surface area contributed by atoms with E-state index in [1.54, 1.807) is 0 Å². The molecule has 1 aliphatic carbocycles. The van der Waals surface area contributed by atoms with Gasteiger partial charge in [0.2, 0.25) is 5.91 Å². The van der Waals surface area contributed by atoms with Crippen molar-refractivity contribution < 1.29 is 4.79 Å². The average molecular weight is 340 g/mol. The molecule has 1 fully saturated rings. The number of aromatic nitrogens is 2. The molecule has 0 saturated heterocycles. The molecular weight excluding hydrogens is 312 g/mol. The van der Waals surface area contributed by atoms with Gasteiger partial charge in [-0.25, -0.2) is 0 Å². The van der Waals surface area contributed by atoms with Gasteiger partial charge in [0.15, 0.2) is 0 Å². The first kappa shape index (κ1) is 17.7. The van der Waals surface area contributed by atoms with Gasteiger partial charge < -0.3 is 11.1 Å². The summed E-state index contributed by atoms with van der Waals surface area (Å²) in [5.41, 5.74) is 8.23. The summed E-state index contributed by atoms with van der Waals surface area (Å²) in [5, 5.41) is 7.41. The van der Waals surface area contributed by atoms with Crippen molar-refractivity contribution in [3.8, 4) is 0 Å². The molecule has 5 heteroatoms. The number of carbonyl (C=O) groups excluding carboxylic acids is 1. The molecule has 0 bridgehead atoms. The fourth-order valence-electron chi connectivity index (χ4n) is 3.71. The molecule has 0 atom stereocenters. The summed E-state index contributed by atoms with van der Waals surface area (Å²) in [6.45, 7) is 1.87. The monoisotopic (exact) mass is 340 g/mol. The number of nitrogens with zero attached hydrogens (tertiary/aromatic N) is 2. The number of rotatable bonds is 7. The second kappa shape index (κ2) is 8.30. The Morgan fingerprint density at radius 1 is 1.16 bits per heavy atom. The topological polar surface area (TPSA) is 72.9 Å². The van der Waals surface area contributed by atoms with Crippen LogP contribution in [0, 0.1) is 5.41 Å². The summed E-state index contributed by atoms with van der Waals surface area (Å²) in [6.07, 6.45) is 10.2. The van der Waals surface area contributed by atoms with Gasteiger partial charge in [0.1, 0.15) is 0 Å². The quantitative estimate of drug-likeness (QED) is 0.814. The number of nitrogens with two attached hydrogens (primary N) is 1. The molecule has 1 saturated carbocycles. The van der Waals surface area contributed by atoms with E-state index in [9.17, 15) is 4.79 Å². The first-order chi connectivity index (χ1) is 12.2. The number of hydrogen-bond acceptors (Lipinski definition) is 3. The van der Waals surface area contributed by atoms with Gasteiger partial charge in [0, 0.05) is 24.7 Å². The lowest BCUT2D eigenvalue weighted by atomic mass is 9.71. The molecule has 25 heavy (non-hydrogen) atoms. The minimum atomic E-state index is 0.0137. The second-order valence-corrected chi connectivity index (χ2v) is 7.25. The second-order valence-electron chi connectivity index (χ2n) is 7.25. The zero-order chi connectivity index (χ0) is 17.5. The molecule has 0 aliphatic heterocycles. The lowest BCUT2D eigenvalue weighted by Crippen LogP contribution is -2.38. The highest BCUT2D eigenvalue weighted by Gasteiger charge is 2.32. The maximum absolute atomic E-state index is 12.4. The Morgan fingerprint density at radius 3 is 2.64 bits per heavy atom. The van der Waals surface area contributed by atoms with E-state index < -0.39 is 0 Å². The van der Waals surface area contributed by atoms with Crippen LogP contribution >= 0.6 is 0 Å². The summed E-state index contributed by atoms with van der Waals surface area (Å²) in [4.78, 5) is 12.4. The Kier molecular flexibility index (Phi) is 5.87. The number of nitrogens with one attached hydrogen (secondary N) is 1. The molecule has 1 heterocycles. The Hall–Kier alpha value is -2.14. The Morgan fingerprint density at radius 2 is 1.92 bits per heavy atom. The summed E-state index contributed by atoms with van der Waals surface area (Å²) < 4.78 is 1.90. The lowest BCUT2D eigenvalue weighted by molar-refractivity contribution is -0.124. The highest BCUT2D eigenvalue weighted by atomic mass is 16.1.